The van der Waals surface area contributed by atoms with Crippen LogP contribution in [0.3, 0.4) is 0 Å². The number of carbonyl (C=O) groups is 1. The number of hydrogen-bond donors (Lipinski definition) is 1. The molecule has 0 aliphatic rings. The van der Waals surface area contributed by atoms with E-state index in [1.165, 1.54) is 18.2 Å². The molecule has 3 rings (SSSR count). The maximum Gasteiger partial charge on any atom is 0.336 e. The lowest BCUT2D eigenvalue weighted by molar-refractivity contribution is -0.137. The summed E-state index contributed by atoms with van der Waals surface area (Å²) in [6.45, 7) is 9.15. The molecule has 1 heterocycles. The molecule has 3 aromatic rings. The van der Waals surface area contributed by atoms with Crippen LogP contribution in [0.1, 0.15) is 43.9 Å². The Morgan fingerprint density at radius 2 is 1.76 bits per heavy atom. The summed E-state index contributed by atoms with van der Waals surface area (Å²) in [5, 5.41) is 0.771. The van der Waals surface area contributed by atoms with E-state index in [-0.39, 0.29) is 16.6 Å². The van der Waals surface area contributed by atoms with Gasteiger partial charge in [-0.3, -0.25) is 0 Å². The quantitative estimate of drug-likeness (QED) is 0.299. The first-order valence-electron chi connectivity index (χ1n) is 10.9. The second kappa shape index (κ2) is 9.89. The second-order valence-corrected chi connectivity index (χ2v) is 9.94. The summed E-state index contributed by atoms with van der Waals surface area (Å²) >= 11 is 0. The minimum Gasteiger partial charge on any atom is -0.425 e. The van der Waals surface area contributed by atoms with Crippen LogP contribution in [0.25, 0.3) is 11.0 Å². The molecule has 1 N–H and O–H groups in total. The van der Waals surface area contributed by atoms with E-state index in [1.807, 2.05) is 20.8 Å². The molecule has 0 aliphatic carbocycles. The van der Waals surface area contributed by atoms with Gasteiger partial charge in [0.2, 0.25) is 10.0 Å². The molecule has 2 atom stereocenters. The normalized spacial score (nSPS) is 13.6. The van der Waals surface area contributed by atoms with Crippen LogP contribution in [-0.4, -0.2) is 20.4 Å². The van der Waals surface area contributed by atoms with Crippen LogP contribution in [0.5, 0.6) is 5.75 Å². The first-order valence-corrected chi connectivity index (χ1v) is 12.4. The van der Waals surface area contributed by atoms with E-state index in [0.717, 1.165) is 16.5 Å². The van der Waals surface area contributed by atoms with Crippen LogP contribution in [0.4, 0.5) is 0 Å². The maximum absolute atomic E-state index is 13.1. The van der Waals surface area contributed by atoms with Crippen molar-refractivity contribution in [2.75, 3.05) is 0 Å². The first kappa shape index (κ1) is 24.7. The monoisotopic (exact) mass is 471 g/mol. The number of rotatable bonds is 8. The highest BCUT2D eigenvalue weighted by Gasteiger charge is 2.32. The average Bonchev–Trinajstić information content (AvgIpc) is 2.78. The minimum atomic E-state index is -3.94. The van der Waals surface area contributed by atoms with Gasteiger partial charge in [0.05, 0.1) is 4.90 Å². The second-order valence-electron chi connectivity index (χ2n) is 8.23. The summed E-state index contributed by atoms with van der Waals surface area (Å²) in [4.78, 5) is 25.1. The molecule has 0 spiro atoms. The maximum atomic E-state index is 13.1. The van der Waals surface area contributed by atoms with Crippen LogP contribution in [-0.2, 0) is 21.2 Å². The van der Waals surface area contributed by atoms with Gasteiger partial charge in [-0.25, -0.2) is 18.0 Å². The number of ether oxygens (including phenoxy) is 1. The molecular formula is C25H29NO6S. The average molecular weight is 472 g/mol. The molecule has 0 saturated heterocycles. The molecule has 8 heteroatoms. The van der Waals surface area contributed by atoms with Gasteiger partial charge in [0, 0.05) is 17.0 Å². The Morgan fingerprint density at radius 1 is 1.09 bits per heavy atom. The molecule has 33 heavy (non-hydrogen) atoms. The molecular weight excluding hydrogens is 442 g/mol. The van der Waals surface area contributed by atoms with Crippen molar-refractivity contribution in [3.63, 3.8) is 0 Å². The zero-order valence-electron chi connectivity index (χ0n) is 19.5. The summed E-state index contributed by atoms with van der Waals surface area (Å²) in [5.74, 6) is -0.827. The van der Waals surface area contributed by atoms with Gasteiger partial charge in [-0.15, -0.1) is 0 Å². The third-order valence-corrected chi connectivity index (χ3v) is 7.33. The number of sulfonamides is 1. The Hall–Kier alpha value is -2.97. The highest BCUT2D eigenvalue weighted by molar-refractivity contribution is 7.89. The highest BCUT2D eigenvalue weighted by atomic mass is 32.2. The van der Waals surface area contributed by atoms with Gasteiger partial charge in [-0.05, 0) is 56.0 Å². The Kier molecular flexibility index (Phi) is 7.39. The van der Waals surface area contributed by atoms with Gasteiger partial charge in [-0.1, -0.05) is 44.9 Å². The van der Waals surface area contributed by atoms with Crippen molar-refractivity contribution < 1.29 is 22.4 Å². The molecule has 0 fully saturated rings. The standard InChI is InChI=1S/C25H29NO6S/c1-6-16(4)23(26-33(29,30)19-10-8-15(3)9-11-19)25(28)31-21-13-12-20-18(7-2)14-22(27)32-24(20)17(21)5/h8-14,16,23,26H,6-7H2,1-5H3. The van der Waals surface area contributed by atoms with Crippen LogP contribution < -0.4 is 15.1 Å². The van der Waals surface area contributed by atoms with Gasteiger partial charge in [-0.2, -0.15) is 4.72 Å². The number of nitrogens with one attached hydrogen (secondary N) is 1. The molecule has 0 amide bonds. The minimum absolute atomic E-state index is 0.0740. The predicted molar refractivity (Wildman–Crippen MR) is 127 cm³/mol. The molecule has 176 valence electrons. The van der Waals surface area contributed by atoms with E-state index in [0.29, 0.717) is 24.0 Å². The van der Waals surface area contributed by atoms with E-state index in [4.69, 9.17) is 9.15 Å². The Bertz CT molecular complexity index is 1330. The predicted octanol–water partition coefficient (Wildman–Crippen LogP) is 4.27. The van der Waals surface area contributed by atoms with E-state index in [9.17, 15) is 18.0 Å². The highest BCUT2D eigenvalue weighted by Crippen LogP contribution is 2.29. The number of carbonyl (C=O) groups excluding carboxylic acids is 1. The van der Waals surface area contributed by atoms with Crippen molar-refractivity contribution in [1.82, 2.24) is 4.72 Å². The van der Waals surface area contributed by atoms with Crippen LogP contribution in [0.15, 0.2) is 56.6 Å². The largest absolute Gasteiger partial charge is 0.425 e. The van der Waals surface area contributed by atoms with E-state index in [2.05, 4.69) is 4.72 Å². The third kappa shape index (κ3) is 5.34. The van der Waals surface area contributed by atoms with Crippen molar-refractivity contribution in [3.8, 4) is 5.75 Å². The van der Waals surface area contributed by atoms with Crippen molar-refractivity contribution in [3.05, 3.63) is 69.6 Å². The van der Waals surface area contributed by atoms with Gasteiger partial charge in [0.25, 0.3) is 0 Å². The van der Waals surface area contributed by atoms with Crippen molar-refractivity contribution in [2.24, 2.45) is 5.92 Å². The zero-order chi connectivity index (χ0) is 24.3. The number of fused-ring (bicyclic) bond motifs is 1. The van der Waals surface area contributed by atoms with Gasteiger partial charge in [0.15, 0.2) is 0 Å². The first-order chi connectivity index (χ1) is 15.6. The van der Waals surface area contributed by atoms with Crippen LogP contribution in [0, 0.1) is 19.8 Å². The lowest BCUT2D eigenvalue weighted by Gasteiger charge is -2.23. The Labute approximate surface area is 193 Å². The smallest absolute Gasteiger partial charge is 0.336 e. The van der Waals surface area contributed by atoms with E-state index >= 15 is 0 Å². The summed E-state index contributed by atoms with van der Waals surface area (Å²) in [6, 6.07) is 10.1. The third-order valence-electron chi connectivity index (χ3n) is 5.87. The fourth-order valence-electron chi connectivity index (χ4n) is 3.57. The molecule has 2 unspecified atom stereocenters. The van der Waals surface area contributed by atoms with Gasteiger partial charge in [0.1, 0.15) is 17.4 Å². The summed E-state index contributed by atoms with van der Waals surface area (Å²) in [6.07, 6.45) is 1.21. The fourth-order valence-corrected chi connectivity index (χ4v) is 4.86. The number of benzene rings is 2. The Balaban J connectivity index is 1.93. The van der Waals surface area contributed by atoms with Crippen LogP contribution >= 0.6 is 0 Å². The number of aryl methyl sites for hydroxylation is 3. The summed E-state index contributed by atoms with van der Waals surface area (Å²) in [7, 11) is -3.94. The molecule has 0 radical (unpaired) electrons. The fraction of sp³-hybridized carbons (Fsp3) is 0.360. The topological polar surface area (TPSA) is 103 Å². The van der Waals surface area contributed by atoms with E-state index in [1.54, 1.807) is 38.1 Å². The van der Waals surface area contributed by atoms with Crippen molar-refractivity contribution in [1.29, 1.82) is 0 Å². The SMILES string of the molecule is CCc1cc(=O)oc2c(C)c(OC(=O)C(NS(=O)(=O)c3ccc(C)cc3)C(C)CC)ccc12. The molecule has 0 aliphatic heterocycles. The van der Waals surface area contributed by atoms with Gasteiger partial charge < -0.3 is 9.15 Å². The number of esters is 1. The van der Waals surface area contributed by atoms with Crippen molar-refractivity contribution >= 4 is 27.0 Å². The summed E-state index contributed by atoms with van der Waals surface area (Å²) in [5.41, 5.74) is 2.14. The van der Waals surface area contributed by atoms with Gasteiger partial charge >= 0.3 is 11.6 Å². The lowest BCUT2D eigenvalue weighted by atomic mass is 10.0. The van der Waals surface area contributed by atoms with Crippen molar-refractivity contribution in [2.45, 2.75) is 58.4 Å². The lowest BCUT2D eigenvalue weighted by Crippen LogP contribution is -2.47. The molecule has 1 aromatic heterocycles. The molecule has 0 saturated carbocycles. The Morgan fingerprint density at radius 3 is 2.36 bits per heavy atom. The number of hydrogen-bond acceptors (Lipinski definition) is 6. The van der Waals surface area contributed by atoms with E-state index < -0.39 is 27.7 Å². The zero-order valence-corrected chi connectivity index (χ0v) is 20.3. The molecule has 0 bridgehead atoms. The van der Waals surface area contributed by atoms with Crippen LogP contribution in [0.2, 0.25) is 0 Å². The molecule has 2 aromatic carbocycles. The molecule has 7 nitrogen and oxygen atoms in total. The summed E-state index contributed by atoms with van der Waals surface area (Å²) < 4.78 is 39.3.